The fraction of sp³-hybridized carbons (Fsp3) is 0.321. The van der Waals surface area contributed by atoms with Gasteiger partial charge in [0, 0.05) is 5.69 Å². The number of para-hydroxylation sites is 2. The zero-order valence-electron chi connectivity index (χ0n) is 19.4. The van der Waals surface area contributed by atoms with Gasteiger partial charge in [-0.25, -0.2) is 0 Å². The number of amides is 1. The zero-order chi connectivity index (χ0) is 23.1. The van der Waals surface area contributed by atoms with Crippen molar-refractivity contribution in [2.75, 3.05) is 23.8 Å². The molecule has 0 saturated carbocycles. The fourth-order valence-electron chi connectivity index (χ4n) is 3.38. The third kappa shape index (κ3) is 8.89. The molecule has 3 rings (SSSR count). The van der Waals surface area contributed by atoms with Gasteiger partial charge in [0.05, 0.1) is 18.8 Å². The second kappa shape index (κ2) is 13.8. The molecule has 3 aromatic carbocycles. The molecule has 0 saturated heterocycles. The first-order chi connectivity index (χ1) is 16.2. The Bertz CT molecular complexity index is 958. The number of ether oxygens (including phenoxy) is 2. The lowest BCUT2D eigenvalue weighted by molar-refractivity contribution is -0.114. The van der Waals surface area contributed by atoms with Crippen LogP contribution in [0.2, 0.25) is 0 Å². The van der Waals surface area contributed by atoms with Gasteiger partial charge in [-0.05, 0) is 48.4 Å². The Morgan fingerprint density at radius 3 is 2.30 bits per heavy atom. The molecular weight excluding hydrogens is 412 g/mol. The first-order valence-corrected chi connectivity index (χ1v) is 11.8. The molecule has 0 aliphatic rings. The highest BCUT2D eigenvalue weighted by Crippen LogP contribution is 2.24. The summed E-state index contributed by atoms with van der Waals surface area (Å²) in [6.07, 6.45) is 6.08. The monoisotopic (exact) mass is 446 g/mol. The van der Waals surface area contributed by atoms with Crippen molar-refractivity contribution in [1.29, 1.82) is 0 Å². The molecule has 0 heterocycles. The van der Waals surface area contributed by atoms with Gasteiger partial charge in [0.1, 0.15) is 18.1 Å². The highest BCUT2D eigenvalue weighted by molar-refractivity contribution is 5.94. The van der Waals surface area contributed by atoms with Crippen molar-refractivity contribution >= 4 is 17.3 Å². The number of unbranched alkanes of at least 4 members (excludes halogenated alkanes) is 4. The summed E-state index contributed by atoms with van der Waals surface area (Å²) in [5, 5.41) is 6.08. The quantitative estimate of drug-likeness (QED) is 0.272. The van der Waals surface area contributed by atoms with Crippen LogP contribution in [0, 0.1) is 0 Å². The third-order valence-corrected chi connectivity index (χ3v) is 5.22. The van der Waals surface area contributed by atoms with Crippen LogP contribution in [0.3, 0.4) is 0 Å². The van der Waals surface area contributed by atoms with E-state index in [0.717, 1.165) is 35.7 Å². The second-order valence-electron chi connectivity index (χ2n) is 7.96. The smallest absolute Gasteiger partial charge is 0.243 e. The maximum atomic E-state index is 12.4. The minimum Gasteiger partial charge on any atom is -0.494 e. The summed E-state index contributed by atoms with van der Waals surface area (Å²) in [6, 6.07) is 25.1. The molecule has 0 bridgehead atoms. The molecule has 1 amide bonds. The topological polar surface area (TPSA) is 59.6 Å². The first-order valence-electron chi connectivity index (χ1n) is 11.8. The number of hydrogen-bond donors (Lipinski definition) is 2. The van der Waals surface area contributed by atoms with Crippen molar-refractivity contribution in [3.05, 3.63) is 84.4 Å². The van der Waals surface area contributed by atoms with Crippen LogP contribution in [0.5, 0.6) is 11.5 Å². The molecule has 0 aliphatic heterocycles. The molecular formula is C28H34N2O3. The van der Waals surface area contributed by atoms with E-state index in [1.807, 2.05) is 78.9 Å². The molecule has 5 heteroatoms. The van der Waals surface area contributed by atoms with Crippen molar-refractivity contribution in [2.24, 2.45) is 0 Å². The number of nitrogens with one attached hydrogen (secondary N) is 2. The van der Waals surface area contributed by atoms with Crippen LogP contribution in [0.15, 0.2) is 78.9 Å². The lowest BCUT2D eigenvalue weighted by Crippen LogP contribution is -2.22. The van der Waals surface area contributed by atoms with Crippen molar-refractivity contribution in [3.8, 4) is 11.5 Å². The van der Waals surface area contributed by atoms with E-state index < -0.39 is 0 Å². The second-order valence-corrected chi connectivity index (χ2v) is 7.96. The summed E-state index contributed by atoms with van der Waals surface area (Å²) in [4.78, 5) is 12.4. The molecule has 3 aromatic rings. The number of hydrogen-bond acceptors (Lipinski definition) is 4. The van der Waals surface area contributed by atoms with E-state index in [-0.39, 0.29) is 12.5 Å². The minimum atomic E-state index is -0.127. The van der Waals surface area contributed by atoms with Gasteiger partial charge in [-0.2, -0.15) is 0 Å². The largest absolute Gasteiger partial charge is 0.494 e. The van der Waals surface area contributed by atoms with Crippen LogP contribution in [0.4, 0.5) is 11.4 Å². The molecule has 0 radical (unpaired) electrons. The molecule has 5 nitrogen and oxygen atoms in total. The molecule has 2 N–H and O–H groups in total. The molecule has 0 aliphatic carbocycles. The van der Waals surface area contributed by atoms with Crippen molar-refractivity contribution in [1.82, 2.24) is 0 Å². The number of benzene rings is 3. The van der Waals surface area contributed by atoms with Gasteiger partial charge in [-0.3, -0.25) is 4.79 Å². The van der Waals surface area contributed by atoms with E-state index in [1.165, 1.54) is 25.7 Å². The van der Waals surface area contributed by atoms with Crippen molar-refractivity contribution in [2.45, 2.75) is 45.6 Å². The molecule has 0 unspecified atom stereocenters. The summed E-state index contributed by atoms with van der Waals surface area (Å²) < 4.78 is 11.7. The summed E-state index contributed by atoms with van der Waals surface area (Å²) in [6.45, 7) is 3.55. The van der Waals surface area contributed by atoms with Crippen LogP contribution in [0.25, 0.3) is 0 Å². The fourth-order valence-corrected chi connectivity index (χ4v) is 3.38. The molecule has 33 heavy (non-hydrogen) atoms. The van der Waals surface area contributed by atoms with Crippen LogP contribution in [-0.4, -0.2) is 19.1 Å². The van der Waals surface area contributed by atoms with Crippen LogP contribution in [-0.2, 0) is 11.4 Å². The molecule has 0 spiro atoms. The maximum absolute atomic E-state index is 12.4. The van der Waals surface area contributed by atoms with Crippen LogP contribution >= 0.6 is 0 Å². The number of rotatable bonds is 14. The standard InChI is InChI=1S/C28H34N2O3/c1-2-3-4-5-11-20-32-25-18-16-24(17-19-25)30-28(31)21-29-26-14-9-10-15-27(26)33-22-23-12-7-6-8-13-23/h6-10,12-19,29H,2-5,11,20-22H2,1H3,(H,30,31). The summed E-state index contributed by atoms with van der Waals surface area (Å²) in [5.41, 5.74) is 2.62. The number of carbonyl (C=O) groups excluding carboxylic acids is 1. The van der Waals surface area contributed by atoms with Crippen molar-refractivity contribution in [3.63, 3.8) is 0 Å². The first kappa shape index (κ1) is 24.2. The van der Waals surface area contributed by atoms with E-state index >= 15 is 0 Å². The maximum Gasteiger partial charge on any atom is 0.243 e. The van der Waals surface area contributed by atoms with E-state index in [4.69, 9.17) is 9.47 Å². The Labute approximate surface area is 197 Å². The van der Waals surface area contributed by atoms with Gasteiger partial charge in [0.25, 0.3) is 0 Å². The molecule has 0 atom stereocenters. The van der Waals surface area contributed by atoms with Gasteiger partial charge in [0.15, 0.2) is 0 Å². The average Bonchev–Trinajstić information content (AvgIpc) is 2.86. The Balaban J connectivity index is 1.41. The van der Waals surface area contributed by atoms with Crippen LogP contribution in [0.1, 0.15) is 44.6 Å². The SMILES string of the molecule is CCCCCCCOc1ccc(NC(=O)CNc2ccccc2OCc2ccccc2)cc1. The highest BCUT2D eigenvalue weighted by atomic mass is 16.5. The lowest BCUT2D eigenvalue weighted by atomic mass is 10.2. The Morgan fingerprint density at radius 1 is 0.788 bits per heavy atom. The van der Waals surface area contributed by atoms with E-state index in [1.54, 1.807) is 0 Å². The van der Waals surface area contributed by atoms with E-state index in [0.29, 0.717) is 12.4 Å². The average molecular weight is 447 g/mol. The predicted molar refractivity (Wildman–Crippen MR) is 135 cm³/mol. The van der Waals surface area contributed by atoms with Gasteiger partial charge >= 0.3 is 0 Å². The number of anilines is 2. The zero-order valence-corrected chi connectivity index (χ0v) is 19.4. The normalized spacial score (nSPS) is 10.5. The molecule has 0 fully saturated rings. The predicted octanol–water partition coefficient (Wildman–Crippen LogP) is 6.67. The van der Waals surface area contributed by atoms with Gasteiger partial charge in [-0.15, -0.1) is 0 Å². The minimum absolute atomic E-state index is 0.127. The van der Waals surface area contributed by atoms with E-state index in [2.05, 4.69) is 17.6 Å². The summed E-state index contributed by atoms with van der Waals surface area (Å²) in [5.74, 6) is 1.41. The highest BCUT2D eigenvalue weighted by Gasteiger charge is 2.07. The Hall–Kier alpha value is -3.47. The molecule has 0 aromatic heterocycles. The lowest BCUT2D eigenvalue weighted by Gasteiger charge is -2.13. The number of carbonyl (C=O) groups is 1. The van der Waals surface area contributed by atoms with Gasteiger partial charge < -0.3 is 20.1 Å². The third-order valence-electron chi connectivity index (χ3n) is 5.22. The van der Waals surface area contributed by atoms with Crippen LogP contribution < -0.4 is 20.1 Å². The Morgan fingerprint density at radius 2 is 1.52 bits per heavy atom. The summed E-state index contributed by atoms with van der Waals surface area (Å²) >= 11 is 0. The van der Waals surface area contributed by atoms with Crippen molar-refractivity contribution < 1.29 is 14.3 Å². The summed E-state index contributed by atoms with van der Waals surface area (Å²) in [7, 11) is 0. The Kier molecular flexibility index (Phi) is 10.1. The van der Waals surface area contributed by atoms with E-state index in [9.17, 15) is 4.79 Å². The van der Waals surface area contributed by atoms with Gasteiger partial charge in [-0.1, -0.05) is 75.1 Å². The van der Waals surface area contributed by atoms with Gasteiger partial charge in [0.2, 0.25) is 5.91 Å². The molecule has 174 valence electrons.